The molecule has 0 saturated carbocycles. The van der Waals surface area contributed by atoms with Crippen molar-refractivity contribution in [2.24, 2.45) is 0 Å². The Morgan fingerprint density at radius 2 is 1.83 bits per heavy atom. The summed E-state index contributed by atoms with van der Waals surface area (Å²) in [5, 5.41) is 0. The highest BCUT2D eigenvalue weighted by Crippen LogP contribution is 2.29. The Bertz CT molecular complexity index is 774. The molecule has 2 rings (SSSR count). The quantitative estimate of drug-likeness (QED) is 0.759. The molecule has 0 spiro atoms. The van der Waals surface area contributed by atoms with Gasteiger partial charge in [-0.3, -0.25) is 4.79 Å². The zero-order valence-corrected chi connectivity index (χ0v) is 13.9. The zero-order chi connectivity index (χ0) is 17.5. The average molecular weight is 329 g/mol. The zero-order valence-electron chi connectivity index (χ0n) is 13.9. The molecule has 0 unspecified atom stereocenters. The molecule has 0 aliphatic heterocycles. The molecule has 0 aliphatic carbocycles. The minimum Gasteiger partial charge on any atom is -0.492 e. The molecule has 1 aromatic heterocycles. The van der Waals surface area contributed by atoms with Gasteiger partial charge in [0.2, 0.25) is 5.75 Å². The lowest BCUT2D eigenvalue weighted by molar-refractivity contribution is 0.0522. The predicted molar refractivity (Wildman–Crippen MR) is 89.6 cm³/mol. The van der Waals surface area contributed by atoms with Gasteiger partial charge in [-0.25, -0.2) is 9.78 Å². The Kier molecular flexibility index (Phi) is 5.89. The van der Waals surface area contributed by atoms with Crippen LogP contribution in [0.3, 0.4) is 0 Å². The molecule has 0 fully saturated rings. The molecule has 0 N–H and O–H groups in total. The highest BCUT2D eigenvalue weighted by molar-refractivity contribution is 5.93. The second-order valence-corrected chi connectivity index (χ2v) is 4.74. The Labute approximate surface area is 140 Å². The van der Waals surface area contributed by atoms with E-state index in [0.29, 0.717) is 23.6 Å². The molecule has 0 radical (unpaired) electrons. The van der Waals surface area contributed by atoms with Gasteiger partial charge >= 0.3 is 11.5 Å². The van der Waals surface area contributed by atoms with Gasteiger partial charge in [0.1, 0.15) is 17.0 Å². The summed E-state index contributed by atoms with van der Waals surface area (Å²) in [6, 6.07) is 10.6. The SMILES string of the molecule is CCOC(=O)c1cc(OCC)c(-c2ccccc2)nc(=O)c1OC. The number of hydrogen-bond donors (Lipinski definition) is 0. The Balaban J connectivity index is 2.78. The van der Waals surface area contributed by atoms with Crippen LogP contribution in [0.1, 0.15) is 24.2 Å². The fourth-order valence-electron chi connectivity index (χ4n) is 2.21. The number of carbonyl (C=O) groups excluding carboxylic acids is 1. The minimum absolute atomic E-state index is 0.0116. The summed E-state index contributed by atoms with van der Waals surface area (Å²) in [5.74, 6) is -0.520. The van der Waals surface area contributed by atoms with Crippen LogP contribution < -0.4 is 15.0 Å². The summed E-state index contributed by atoms with van der Waals surface area (Å²) in [4.78, 5) is 28.7. The summed E-state index contributed by atoms with van der Waals surface area (Å²) < 4.78 is 15.7. The maximum Gasteiger partial charge on any atom is 0.342 e. The van der Waals surface area contributed by atoms with Crippen LogP contribution in [0, 0.1) is 0 Å². The van der Waals surface area contributed by atoms with Gasteiger partial charge in [0.15, 0.2) is 0 Å². The van der Waals surface area contributed by atoms with Crippen molar-refractivity contribution in [2.75, 3.05) is 20.3 Å². The molecular formula is C18H19NO5. The molecule has 24 heavy (non-hydrogen) atoms. The van der Waals surface area contributed by atoms with E-state index in [9.17, 15) is 9.59 Å². The Morgan fingerprint density at radius 3 is 2.42 bits per heavy atom. The van der Waals surface area contributed by atoms with E-state index in [4.69, 9.17) is 14.2 Å². The topological polar surface area (TPSA) is 74.7 Å². The number of methoxy groups -OCH3 is 1. The van der Waals surface area contributed by atoms with Gasteiger partial charge in [-0.2, -0.15) is 0 Å². The number of carbonyl (C=O) groups is 1. The van der Waals surface area contributed by atoms with Crippen molar-refractivity contribution in [1.82, 2.24) is 4.98 Å². The third-order valence-electron chi connectivity index (χ3n) is 3.21. The van der Waals surface area contributed by atoms with Crippen LogP contribution in [0.2, 0.25) is 0 Å². The first-order valence-electron chi connectivity index (χ1n) is 7.61. The van der Waals surface area contributed by atoms with Gasteiger partial charge in [-0.15, -0.1) is 0 Å². The summed E-state index contributed by atoms with van der Waals surface area (Å²) in [6.07, 6.45) is 0. The van der Waals surface area contributed by atoms with Gasteiger partial charge in [0.05, 0.1) is 20.3 Å². The van der Waals surface area contributed by atoms with Crippen LogP contribution in [0.15, 0.2) is 41.2 Å². The van der Waals surface area contributed by atoms with Gasteiger partial charge in [0.25, 0.3) is 0 Å². The number of ether oxygens (including phenoxy) is 3. The minimum atomic E-state index is -0.663. The summed E-state index contributed by atoms with van der Waals surface area (Å²) in [6.45, 7) is 4.02. The van der Waals surface area contributed by atoms with Crippen molar-refractivity contribution in [3.63, 3.8) is 0 Å². The van der Waals surface area contributed by atoms with Crippen LogP contribution in [0.4, 0.5) is 0 Å². The van der Waals surface area contributed by atoms with Crippen LogP contribution >= 0.6 is 0 Å². The molecule has 2 aromatic rings. The van der Waals surface area contributed by atoms with Crippen molar-refractivity contribution in [2.45, 2.75) is 13.8 Å². The number of hydrogen-bond acceptors (Lipinski definition) is 6. The number of nitrogens with zero attached hydrogens (tertiary/aromatic N) is 1. The first-order chi connectivity index (χ1) is 11.6. The lowest BCUT2D eigenvalue weighted by Crippen LogP contribution is -2.13. The van der Waals surface area contributed by atoms with Gasteiger partial charge in [-0.05, 0) is 13.8 Å². The lowest BCUT2D eigenvalue weighted by Gasteiger charge is -2.07. The monoisotopic (exact) mass is 329 g/mol. The van der Waals surface area contributed by atoms with Gasteiger partial charge in [-0.1, -0.05) is 30.3 Å². The maximum absolute atomic E-state index is 12.4. The predicted octanol–water partition coefficient (Wildman–Crippen LogP) is 2.69. The van der Waals surface area contributed by atoms with E-state index in [1.54, 1.807) is 26.0 Å². The number of rotatable bonds is 6. The van der Waals surface area contributed by atoms with Crippen LogP contribution in [-0.2, 0) is 4.74 Å². The third kappa shape index (κ3) is 3.71. The molecule has 0 atom stereocenters. The smallest absolute Gasteiger partial charge is 0.342 e. The van der Waals surface area contributed by atoms with Crippen molar-refractivity contribution in [3.05, 3.63) is 52.3 Å². The molecule has 6 nitrogen and oxygen atoms in total. The van der Waals surface area contributed by atoms with E-state index in [2.05, 4.69) is 4.98 Å². The second kappa shape index (κ2) is 8.10. The molecular weight excluding hydrogens is 310 g/mol. The maximum atomic E-state index is 12.4. The first-order valence-corrected chi connectivity index (χ1v) is 7.61. The van der Waals surface area contributed by atoms with E-state index in [0.717, 1.165) is 0 Å². The lowest BCUT2D eigenvalue weighted by atomic mass is 10.1. The molecule has 1 aromatic carbocycles. The van der Waals surface area contributed by atoms with E-state index in [1.165, 1.54) is 13.2 Å². The molecule has 0 aliphatic rings. The molecule has 0 saturated heterocycles. The summed E-state index contributed by atoms with van der Waals surface area (Å²) in [5.41, 5.74) is 0.371. The van der Waals surface area contributed by atoms with E-state index < -0.39 is 11.5 Å². The molecule has 0 bridgehead atoms. The standard InChI is InChI=1S/C18H19NO5/c1-4-23-14-11-13(18(21)24-5-2)16(22-3)17(20)19-15(14)12-9-7-6-8-10-12/h6-11H,4-5H2,1-3H3. The molecule has 1 heterocycles. The fourth-order valence-corrected chi connectivity index (χ4v) is 2.21. The van der Waals surface area contributed by atoms with Crippen molar-refractivity contribution < 1.29 is 19.0 Å². The van der Waals surface area contributed by atoms with Crippen LogP contribution in [0.5, 0.6) is 11.5 Å². The fraction of sp³-hybridized carbons (Fsp3) is 0.278. The third-order valence-corrected chi connectivity index (χ3v) is 3.21. The first kappa shape index (κ1) is 17.5. The summed E-state index contributed by atoms with van der Waals surface area (Å²) >= 11 is 0. The number of aromatic nitrogens is 1. The summed E-state index contributed by atoms with van der Waals surface area (Å²) in [7, 11) is 1.31. The highest BCUT2D eigenvalue weighted by Gasteiger charge is 2.20. The second-order valence-electron chi connectivity index (χ2n) is 4.74. The Hall–Kier alpha value is -2.89. The Morgan fingerprint density at radius 1 is 1.12 bits per heavy atom. The van der Waals surface area contributed by atoms with Crippen LogP contribution in [0.25, 0.3) is 11.3 Å². The van der Waals surface area contributed by atoms with Crippen LogP contribution in [-0.4, -0.2) is 31.3 Å². The normalized spacial score (nSPS) is 10.1. The largest absolute Gasteiger partial charge is 0.492 e. The van der Waals surface area contributed by atoms with E-state index in [1.807, 2.05) is 18.2 Å². The van der Waals surface area contributed by atoms with Gasteiger partial charge in [0, 0.05) is 11.6 Å². The number of esters is 1. The van der Waals surface area contributed by atoms with Crippen molar-refractivity contribution >= 4 is 5.97 Å². The van der Waals surface area contributed by atoms with Gasteiger partial charge < -0.3 is 14.2 Å². The molecule has 6 heteroatoms. The number of benzene rings is 1. The highest BCUT2D eigenvalue weighted by atomic mass is 16.5. The van der Waals surface area contributed by atoms with Crippen molar-refractivity contribution in [1.29, 1.82) is 0 Å². The average Bonchev–Trinajstić information content (AvgIpc) is 2.73. The van der Waals surface area contributed by atoms with E-state index in [-0.39, 0.29) is 17.9 Å². The van der Waals surface area contributed by atoms with E-state index >= 15 is 0 Å². The molecule has 126 valence electrons. The van der Waals surface area contributed by atoms with Crippen molar-refractivity contribution in [3.8, 4) is 22.8 Å². The molecule has 0 amide bonds.